The van der Waals surface area contributed by atoms with E-state index in [1.807, 2.05) is 13.0 Å². The summed E-state index contributed by atoms with van der Waals surface area (Å²) in [5.74, 6) is 2.03. The maximum Gasteiger partial charge on any atom is 0.191 e. The van der Waals surface area contributed by atoms with Gasteiger partial charge in [-0.15, -0.1) is 0 Å². The number of hydrogen-bond acceptors (Lipinski definition) is 4. The molecule has 2 N–H and O–H groups in total. The number of guanidine groups is 1. The highest BCUT2D eigenvalue weighted by atomic mass is 16.5. The predicted molar refractivity (Wildman–Crippen MR) is 102 cm³/mol. The summed E-state index contributed by atoms with van der Waals surface area (Å²) in [6, 6.07) is 6.70. The molecule has 2 aliphatic heterocycles. The Hall–Kier alpha value is -1.82. The van der Waals surface area contributed by atoms with Gasteiger partial charge in [0, 0.05) is 36.8 Å². The highest BCUT2D eigenvalue weighted by Crippen LogP contribution is 2.26. The van der Waals surface area contributed by atoms with Crippen molar-refractivity contribution in [2.45, 2.75) is 39.7 Å². The first-order valence-corrected chi connectivity index (χ1v) is 9.39. The van der Waals surface area contributed by atoms with Crippen LogP contribution < -0.4 is 15.5 Å². The second-order valence-electron chi connectivity index (χ2n) is 7.54. The zero-order valence-corrected chi connectivity index (χ0v) is 15.7. The van der Waals surface area contributed by atoms with E-state index in [0.717, 1.165) is 69.7 Å². The highest BCUT2D eigenvalue weighted by Gasteiger charge is 2.33. The minimum atomic E-state index is 0.211. The molecule has 2 saturated heterocycles. The molecule has 0 aliphatic carbocycles. The molecular formula is C19H31N5O. The lowest BCUT2D eigenvalue weighted by atomic mass is 9.89. The molecule has 0 spiro atoms. The van der Waals surface area contributed by atoms with Crippen LogP contribution in [0, 0.1) is 12.3 Å². The minimum absolute atomic E-state index is 0.211. The Kier molecular flexibility index (Phi) is 5.78. The summed E-state index contributed by atoms with van der Waals surface area (Å²) in [4.78, 5) is 11.8. The van der Waals surface area contributed by atoms with E-state index in [1.54, 1.807) is 0 Å². The van der Waals surface area contributed by atoms with Gasteiger partial charge >= 0.3 is 0 Å². The van der Waals surface area contributed by atoms with Crippen molar-refractivity contribution in [2.75, 3.05) is 44.3 Å². The lowest BCUT2D eigenvalue weighted by molar-refractivity contribution is -0.0945. The molecule has 2 fully saturated rings. The van der Waals surface area contributed by atoms with E-state index in [-0.39, 0.29) is 5.41 Å². The van der Waals surface area contributed by atoms with Crippen molar-refractivity contribution in [3.63, 3.8) is 0 Å². The minimum Gasteiger partial charge on any atom is -0.380 e. The van der Waals surface area contributed by atoms with Gasteiger partial charge in [-0.05, 0) is 38.8 Å². The van der Waals surface area contributed by atoms with Gasteiger partial charge in [0.1, 0.15) is 5.82 Å². The first-order chi connectivity index (χ1) is 12.1. The van der Waals surface area contributed by atoms with Crippen molar-refractivity contribution in [2.24, 2.45) is 10.4 Å². The quantitative estimate of drug-likeness (QED) is 0.631. The van der Waals surface area contributed by atoms with Gasteiger partial charge in [0.25, 0.3) is 0 Å². The maximum absolute atomic E-state index is 5.32. The van der Waals surface area contributed by atoms with Crippen molar-refractivity contribution < 1.29 is 4.74 Å². The molecular weight excluding hydrogens is 314 g/mol. The number of anilines is 1. The standard InChI is InChI=1S/C19H31N5O/c1-4-20-18(21-12-19(3)13-25-14-19)23-16-8-10-24(11-9-16)17-7-5-6-15(2)22-17/h5-7,16H,4,8-14H2,1-3H3,(H2,20,21,23). The lowest BCUT2D eigenvalue weighted by Gasteiger charge is -2.37. The number of ether oxygens (including phenoxy) is 1. The highest BCUT2D eigenvalue weighted by molar-refractivity contribution is 5.80. The lowest BCUT2D eigenvalue weighted by Crippen LogP contribution is -2.50. The molecule has 6 nitrogen and oxygen atoms in total. The molecule has 3 heterocycles. The monoisotopic (exact) mass is 345 g/mol. The number of aliphatic imine (C=N–C) groups is 1. The molecule has 1 aromatic rings. The van der Waals surface area contributed by atoms with Crippen molar-refractivity contribution in [3.8, 4) is 0 Å². The molecule has 0 unspecified atom stereocenters. The summed E-state index contributed by atoms with van der Waals surface area (Å²) < 4.78 is 5.32. The third-order valence-electron chi connectivity index (χ3n) is 4.90. The van der Waals surface area contributed by atoms with Gasteiger partial charge in [0.15, 0.2) is 5.96 Å². The van der Waals surface area contributed by atoms with Crippen LogP contribution in [0.15, 0.2) is 23.2 Å². The SMILES string of the molecule is CCNC(=NCC1(C)COC1)NC1CCN(c2cccc(C)n2)CC1. The summed E-state index contributed by atoms with van der Waals surface area (Å²) in [6.07, 6.45) is 2.20. The van der Waals surface area contributed by atoms with Crippen molar-refractivity contribution >= 4 is 11.8 Å². The number of nitrogens with zero attached hydrogens (tertiary/aromatic N) is 3. The van der Waals surface area contributed by atoms with Crippen LogP contribution in [-0.4, -0.2) is 56.4 Å². The number of piperidine rings is 1. The zero-order valence-electron chi connectivity index (χ0n) is 15.7. The van der Waals surface area contributed by atoms with E-state index < -0.39 is 0 Å². The van der Waals surface area contributed by atoms with Crippen LogP contribution in [-0.2, 0) is 4.74 Å². The van der Waals surface area contributed by atoms with Crippen LogP contribution >= 0.6 is 0 Å². The van der Waals surface area contributed by atoms with Crippen LogP contribution in [0.25, 0.3) is 0 Å². The molecule has 0 amide bonds. The van der Waals surface area contributed by atoms with E-state index in [4.69, 9.17) is 9.73 Å². The second-order valence-corrected chi connectivity index (χ2v) is 7.54. The third-order valence-corrected chi connectivity index (χ3v) is 4.90. The molecule has 25 heavy (non-hydrogen) atoms. The van der Waals surface area contributed by atoms with Gasteiger partial charge in [0.2, 0.25) is 0 Å². The molecule has 6 heteroatoms. The molecule has 0 atom stereocenters. The number of nitrogens with one attached hydrogen (secondary N) is 2. The molecule has 1 aromatic heterocycles. The number of hydrogen-bond donors (Lipinski definition) is 2. The van der Waals surface area contributed by atoms with E-state index in [9.17, 15) is 0 Å². The van der Waals surface area contributed by atoms with E-state index >= 15 is 0 Å². The van der Waals surface area contributed by atoms with Gasteiger partial charge < -0.3 is 20.3 Å². The average molecular weight is 345 g/mol. The summed E-state index contributed by atoms with van der Waals surface area (Å²) >= 11 is 0. The first kappa shape index (κ1) is 18.0. The number of aromatic nitrogens is 1. The summed E-state index contributed by atoms with van der Waals surface area (Å²) in [5.41, 5.74) is 1.29. The third kappa shape index (κ3) is 4.84. The van der Waals surface area contributed by atoms with E-state index in [1.165, 1.54) is 0 Å². The zero-order chi connectivity index (χ0) is 17.7. The number of aryl methyl sites for hydroxylation is 1. The molecule has 0 bridgehead atoms. The second kappa shape index (κ2) is 8.04. The molecule has 0 saturated carbocycles. The molecule has 3 rings (SSSR count). The normalized spacial score (nSPS) is 20.9. The van der Waals surface area contributed by atoms with Gasteiger partial charge in [-0.1, -0.05) is 13.0 Å². The van der Waals surface area contributed by atoms with Gasteiger partial charge in [-0.25, -0.2) is 4.98 Å². The van der Waals surface area contributed by atoms with Gasteiger partial charge in [-0.2, -0.15) is 0 Å². The number of pyridine rings is 1. The summed E-state index contributed by atoms with van der Waals surface area (Å²) in [5, 5.41) is 6.99. The predicted octanol–water partition coefficient (Wildman–Crippen LogP) is 1.95. The van der Waals surface area contributed by atoms with Crippen LogP contribution in [0.2, 0.25) is 0 Å². The van der Waals surface area contributed by atoms with Crippen molar-refractivity contribution in [3.05, 3.63) is 23.9 Å². The Morgan fingerprint density at radius 3 is 2.72 bits per heavy atom. The first-order valence-electron chi connectivity index (χ1n) is 9.39. The topological polar surface area (TPSA) is 61.8 Å². The summed E-state index contributed by atoms with van der Waals surface area (Å²) in [6.45, 7) is 11.8. The smallest absolute Gasteiger partial charge is 0.191 e. The fourth-order valence-corrected chi connectivity index (χ4v) is 3.28. The Morgan fingerprint density at radius 1 is 1.36 bits per heavy atom. The van der Waals surface area contributed by atoms with E-state index in [2.05, 4.69) is 46.5 Å². The van der Waals surface area contributed by atoms with Crippen LogP contribution in [0.1, 0.15) is 32.4 Å². The molecule has 2 aliphatic rings. The fraction of sp³-hybridized carbons (Fsp3) is 0.684. The average Bonchev–Trinajstić information content (AvgIpc) is 2.59. The van der Waals surface area contributed by atoms with Crippen LogP contribution in [0.3, 0.4) is 0 Å². The molecule has 0 aromatic carbocycles. The van der Waals surface area contributed by atoms with E-state index in [0.29, 0.717) is 6.04 Å². The Morgan fingerprint density at radius 2 is 2.12 bits per heavy atom. The molecule has 0 radical (unpaired) electrons. The van der Waals surface area contributed by atoms with Crippen molar-refractivity contribution in [1.82, 2.24) is 15.6 Å². The van der Waals surface area contributed by atoms with Crippen LogP contribution in [0.4, 0.5) is 5.82 Å². The number of rotatable bonds is 5. The van der Waals surface area contributed by atoms with Crippen molar-refractivity contribution in [1.29, 1.82) is 0 Å². The fourth-order valence-electron chi connectivity index (χ4n) is 3.28. The Labute approximate surface area is 151 Å². The summed E-state index contributed by atoms with van der Waals surface area (Å²) in [7, 11) is 0. The molecule has 138 valence electrons. The van der Waals surface area contributed by atoms with Crippen LogP contribution in [0.5, 0.6) is 0 Å². The van der Waals surface area contributed by atoms with Gasteiger partial charge in [0.05, 0.1) is 19.8 Å². The Bertz CT molecular complexity index is 591. The van der Waals surface area contributed by atoms with Gasteiger partial charge in [-0.3, -0.25) is 4.99 Å². The largest absolute Gasteiger partial charge is 0.380 e. The Balaban J connectivity index is 1.51. The maximum atomic E-state index is 5.32.